The molecule has 1 fully saturated rings. The van der Waals surface area contributed by atoms with Crippen LogP contribution in [-0.4, -0.2) is 28.4 Å². The van der Waals surface area contributed by atoms with Crippen molar-refractivity contribution in [2.75, 3.05) is 6.54 Å². The number of carbonyl (C=O) groups excluding carboxylic acids is 1. The summed E-state index contributed by atoms with van der Waals surface area (Å²) in [4.78, 5) is 24.8. The summed E-state index contributed by atoms with van der Waals surface area (Å²) in [5.41, 5.74) is 2.21. The zero-order chi connectivity index (χ0) is 14.0. The summed E-state index contributed by atoms with van der Waals surface area (Å²) < 4.78 is 0. The van der Waals surface area contributed by atoms with Crippen molar-refractivity contribution in [3.05, 3.63) is 35.4 Å². The standard InChI is InChI=1S/C15H19NO3/c1-10-5-3-4-6-13(10)11(2)16-9-12(15(18)19)7-8-14(16)17/h3-6,11-12H,7-9H2,1-2H3,(H,18,19). The van der Waals surface area contributed by atoms with E-state index < -0.39 is 11.9 Å². The minimum Gasteiger partial charge on any atom is -0.481 e. The molecule has 4 nitrogen and oxygen atoms in total. The quantitative estimate of drug-likeness (QED) is 0.908. The molecular weight excluding hydrogens is 242 g/mol. The van der Waals surface area contributed by atoms with Gasteiger partial charge in [-0.1, -0.05) is 24.3 Å². The number of amides is 1. The van der Waals surface area contributed by atoms with E-state index in [1.807, 2.05) is 38.1 Å². The lowest BCUT2D eigenvalue weighted by Gasteiger charge is -2.36. The summed E-state index contributed by atoms with van der Waals surface area (Å²) in [6.07, 6.45) is 0.776. The Bertz CT molecular complexity index is 498. The molecule has 0 spiro atoms. The number of carbonyl (C=O) groups is 2. The Morgan fingerprint density at radius 1 is 1.42 bits per heavy atom. The second-order valence-corrected chi connectivity index (χ2v) is 5.15. The van der Waals surface area contributed by atoms with Crippen LogP contribution in [0.5, 0.6) is 0 Å². The molecule has 19 heavy (non-hydrogen) atoms. The van der Waals surface area contributed by atoms with Crippen molar-refractivity contribution >= 4 is 11.9 Å². The first kappa shape index (κ1) is 13.6. The van der Waals surface area contributed by atoms with E-state index in [0.29, 0.717) is 19.4 Å². The molecule has 1 aliphatic rings. The molecule has 1 aliphatic heterocycles. The Labute approximate surface area is 113 Å². The summed E-state index contributed by atoms with van der Waals surface area (Å²) in [6, 6.07) is 7.84. The molecule has 2 unspecified atom stereocenters. The number of aliphatic carboxylic acids is 1. The number of rotatable bonds is 3. The number of nitrogens with zero attached hydrogens (tertiary/aromatic N) is 1. The fourth-order valence-electron chi connectivity index (χ4n) is 2.67. The molecule has 0 saturated carbocycles. The first-order valence-electron chi connectivity index (χ1n) is 6.58. The number of piperidine rings is 1. The molecule has 2 rings (SSSR count). The Balaban J connectivity index is 2.21. The van der Waals surface area contributed by atoms with Crippen molar-refractivity contribution in [1.29, 1.82) is 0 Å². The number of aryl methyl sites for hydroxylation is 1. The smallest absolute Gasteiger partial charge is 0.308 e. The highest BCUT2D eigenvalue weighted by molar-refractivity contribution is 5.81. The van der Waals surface area contributed by atoms with Gasteiger partial charge in [0.25, 0.3) is 0 Å². The van der Waals surface area contributed by atoms with Gasteiger partial charge in [0, 0.05) is 13.0 Å². The van der Waals surface area contributed by atoms with Crippen LogP contribution >= 0.6 is 0 Å². The normalized spacial score (nSPS) is 21.3. The lowest BCUT2D eigenvalue weighted by molar-refractivity contribution is -0.148. The Kier molecular flexibility index (Phi) is 3.88. The molecule has 0 bridgehead atoms. The second-order valence-electron chi connectivity index (χ2n) is 5.15. The van der Waals surface area contributed by atoms with Crippen molar-refractivity contribution in [3.8, 4) is 0 Å². The van der Waals surface area contributed by atoms with Gasteiger partial charge in [0.2, 0.25) is 5.91 Å². The summed E-state index contributed by atoms with van der Waals surface area (Å²) in [5, 5.41) is 9.11. The van der Waals surface area contributed by atoms with E-state index >= 15 is 0 Å². The third kappa shape index (κ3) is 2.78. The Morgan fingerprint density at radius 3 is 2.74 bits per heavy atom. The molecule has 1 aromatic carbocycles. The van der Waals surface area contributed by atoms with Crippen LogP contribution in [0.25, 0.3) is 0 Å². The lowest BCUT2D eigenvalue weighted by Crippen LogP contribution is -2.43. The highest BCUT2D eigenvalue weighted by Crippen LogP contribution is 2.29. The maximum atomic E-state index is 12.0. The van der Waals surface area contributed by atoms with E-state index in [1.165, 1.54) is 0 Å². The SMILES string of the molecule is Cc1ccccc1C(C)N1CC(C(=O)O)CCC1=O. The van der Waals surface area contributed by atoms with E-state index in [0.717, 1.165) is 11.1 Å². The van der Waals surface area contributed by atoms with E-state index in [2.05, 4.69) is 0 Å². The topological polar surface area (TPSA) is 57.6 Å². The van der Waals surface area contributed by atoms with Crippen molar-refractivity contribution in [2.24, 2.45) is 5.92 Å². The summed E-state index contributed by atoms with van der Waals surface area (Å²) in [6.45, 7) is 4.28. The van der Waals surface area contributed by atoms with Crippen LogP contribution in [0.4, 0.5) is 0 Å². The van der Waals surface area contributed by atoms with Crippen molar-refractivity contribution in [3.63, 3.8) is 0 Å². The highest BCUT2D eigenvalue weighted by atomic mass is 16.4. The van der Waals surface area contributed by atoms with Gasteiger partial charge < -0.3 is 10.0 Å². The van der Waals surface area contributed by atoms with Gasteiger partial charge in [-0.3, -0.25) is 9.59 Å². The monoisotopic (exact) mass is 261 g/mol. The average molecular weight is 261 g/mol. The average Bonchev–Trinajstić information content (AvgIpc) is 2.38. The molecule has 1 amide bonds. The van der Waals surface area contributed by atoms with E-state index in [1.54, 1.807) is 4.90 Å². The number of hydrogen-bond donors (Lipinski definition) is 1. The molecule has 102 valence electrons. The molecule has 2 atom stereocenters. The van der Waals surface area contributed by atoms with Crippen LogP contribution in [0.3, 0.4) is 0 Å². The molecule has 1 saturated heterocycles. The number of hydrogen-bond acceptors (Lipinski definition) is 2. The predicted molar refractivity (Wildman–Crippen MR) is 71.7 cm³/mol. The van der Waals surface area contributed by atoms with Crippen LogP contribution in [0.1, 0.15) is 36.9 Å². The number of carboxylic acid groups (broad SMARTS) is 1. The van der Waals surface area contributed by atoms with Crippen LogP contribution in [0.2, 0.25) is 0 Å². The van der Waals surface area contributed by atoms with Crippen LogP contribution < -0.4 is 0 Å². The van der Waals surface area contributed by atoms with E-state index in [4.69, 9.17) is 5.11 Å². The molecule has 0 aromatic heterocycles. The summed E-state index contributed by atoms with van der Waals surface area (Å²) >= 11 is 0. The van der Waals surface area contributed by atoms with Gasteiger partial charge in [0.15, 0.2) is 0 Å². The highest BCUT2D eigenvalue weighted by Gasteiger charge is 2.33. The van der Waals surface area contributed by atoms with Gasteiger partial charge in [-0.25, -0.2) is 0 Å². The fraction of sp³-hybridized carbons (Fsp3) is 0.467. The Hall–Kier alpha value is -1.84. The number of likely N-dealkylation sites (tertiary alicyclic amines) is 1. The summed E-state index contributed by atoms with van der Waals surface area (Å²) in [7, 11) is 0. The molecule has 4 heteroatoms. The maximum absolute atomic E-state index is 12.0. The molecule has 0 radical (unpaired) electrons. The van der Waals surface area contributed by atoms with Crippen molar-refractivity contribution in [2.45, 2.75) is 32.7 Å². The predicted octanol–water partition coefficient (Wildman–Crippen LogP) is 2.38. The minimum atomic E-state index is -0.811. The Morgan fingerprint density at radius 2 is 2.11 bits per heavy atom. The fourth-order valence-corrected chi connectivity index (χ4v) is 2.67. The largest absolute Gasteiger partial charge is 0.481 e. The van der Waals surface area contributed by atoms with Gasteiger partial charge in [-0.05, 0) is 31.4 Å². The maximum Gasteiger partial charge on any atom is 0.308 e. The number of carboxylic acids is 1. The van der Waals surface area contributed by atoms with Gasteiger partial charge in [0.05, 0.1) is 12.0 Å². The first-order valence-corrected chi connectivity index (χ1v) is 6.58. The second kappa shape index (κ2) is 5.43. The molecular formula is C15H19NO3. The third-order valence-electron chi connectivity index (χ3n) is 3.90. The van der Waals surface area contributed by atoms with Gasteiger partial charge in [-0.15, -0.1) is 0 Å². The third-order valence-corrected chi connectivity index (χ3v) is 3.90. The molecule has 1 heterocycles. The zero-order valence-electron chi connectivity index (χ0n) is 11.3. The van der Waals surface area contributed by atoms with Crippen molar-refractivity contribution < 1.29 is 14.7 Å². The number of benzene rings is 1. The lowest BCUT2D eigenvalue weighted by atomic mass is 9.93. The van der Waals surface area contributed by atoms with Crippen LogP contribution in [0, 0.1) is 12.8 Å². The van der Waals surface area contributed by atoms with Crippen LogP contribution in [0.15, 0.2) is 24.3 Å². The molecule has 0 aliphatic carbocycles. The van der Waals surface area contributed by atoms with Gasteiger partial charge in [-0.2, -0.15) is 0 Å². The van der Waals surface area contributed by atoms with Gasteiger partial charge in [0.1, 0.15) is 0 Å². The minimum absolute atomic E-state index is 0.0493. The molecule has 1 N–H and O–H groups in total. The zero-order valence-corrected chi connectivity index (χ0v) is 11.3. The first-order chi connectivity index (χ1) is 9.00. The van der Waals surface area contributed by atoms with Gasteiger partial charge >= 0.3 is 5.97 Å². The van der Waals surface area contributed by atoms with E-state index in [-0.39, 0.29) is 11.9 Å². The molecule has 1 aromatic rings. The summed E-state index contributed by atoms with van der Waals surface area (Å²) in [5.74, 6) is -1.20. The van der Waals surface area contributed by atoms with Crippen LogP contribution in [-0.2, 0) is 9.59 Å². The van der Waals surface area contributed by atoms with E-state index in [9.17, 15) is 9.59 Å². The van der Waals surface area contributed by atoms with Crippen molar-refractivity contribution in [1.82, 2.24) is 4.90 Å².